The van der Waals surface area contributed by atoms with Gasteiger partial charge in [0.25, 0.3) is 10.1 Å². The van der Waals surface area contributed by atoms with Crippen molar-refractivity contribution in [2.75, 3.05) is 44.3 Å². The van der Waals surface area contributed by atoms with Gasteiger partial charge in [0.2, 0.25) is 11.8 Å². The Hall–Kier alpha value is -4.62. The fraction of sp³-hybridized carbons (Fsp3) is 0.488. The number of anilines is 1. The van der Waals surface area contributed by atoms with Gasteiger partial charge in [-0.25, -0.2) is 4.79 Å². The number of para-hydroxylation sites is 1. The van der Waals surface area contributed by atoms with Crippen LogP contribution in [0.15, 0.2) is 71.6 Å². The van der Waals surface area contributed by atoms with E-state index in [0.717, 1.165) is 17.7 Å². The van der Waals surface area contributed by atoms with E-state index in [1.165, 1.54) is 17.7 Å². The van der Waals surface area contributed by atoms with Crippen LogP contribution in [-0.2, 0) is 41.5 Å². The molecule has 0 saturated carbocycles. The Kier molecular flexibility index (Phi) is 12.2. The molecule has 290 valence electrons. The molecule has 0 unspecified atom stereocenters. The summed E-state index contributed by atoms with van der Waals surface area (Å²) in [5, 5.41) is 0. The normalized spacial score (nSPS) is 17.3. The van der Waals surface area contributed by atoms with Crippen molar-refractivity contribution in [3.05, 3.63) is 83.4 Å². The van der Waals surface area contributed by atoms with Gasteiger partial charge < -0.3 is 28.9 Å². The Labute approximate surface area is 318 Å². The van der Waals surface area contributed by atoms with Crippen molar-refractivity contribution in [2.24, 2.45) is 0 Å². The summed E-state index contributed by atoms with van der Waals surface area (Å²) in [5.41, 5.74) is 3.15. The quantitative estimate of drug-likeness (QED) is 0.169. The molecule has 3 aromatic carbocycles. The van der Waals surface area contributed by atoms with Crippen LogP contribution < -0.4 is 14.4 Å². The highest BCUT2D eigenvalue weighted by Gasteiger charge is 2.34. The summed E-state index contributed by atoms with van der Waals surface area (Å²) < 4.78 is 48.7. The topological polar surface area (TPSA) is 132 Å². The Bertz CT molecular complexity index is 1910. The van der Waals surface area contributed by atoms with E-state index in [2.05, 4.69) is 6.07 Å². The second-order valence-corrected chi connectivity index (χ2v) is 16.8. The molecule has 3 aliphatic rings. The number of piperidine rings is 2. The standard InChI is InChI=1S/C41H51N3O9S/c1-29-9-14-35(15-10-29)54(48,49)51-26-25-50-37-28-34(52-33-19-23-43(24-20-33)40(47)53-41(2,3)4)13-11-31(37)27-39(46)42-21-17-32(18-22-42)44-36-8-6-5-7-30(36)12-16-38(44)45/h5-11,13-15,28,32-33H,12,16-27H2,1-4H3. The van der Waals surface area contributed by atoms with E-state index < -0.39 is 15.7 Å². The van der Waals surface area contributed by atoms with Crippen LogP contribution in [0.4, 0.5) is 10.5 Å². The highest BCUT2D eigenvalue weighted by molar-refractivity contribution is 7.86. The lowest BCUT2D eigenvalue weighted by molar-refractivity contribution is -0.131. The Morgan fingerprint density at radius 3 is 2.22 bits per heavy atom. The van der Waals surface area contributed by atoms with Crippen molar-refractivity contribution in [3.63, 3.8) is 0 Å². The zero-order valence-electron chi connectivity index (χ0n) is 31.6. The molecule has 0 radical (unpaired) electrons. The van der Waals surface area contributed by atoms with Crippen molar-refractivity contribution in [3.8, 4) is 11.5 Å². The summed E-state index contributed by atoms with van der Waals surface area (Å²) in [6.07, 6.45) is 3.42. The zero-order valence-corrected chi connectivity index (χ0v) is 32.4. The monoisotopic (exact) mass is 761 g/mol. The fourth-order valence-electron chi connectivity index (χ4n) is 7.13. The molecule has 0 bridgehead atoms. The lowest BCUT2D eigenvalue weighted by atomic mass is 9.95. The number of hydrogen-bond acceptors (Lipinski definition) is 9. The molecule has 3 aromatic rings. The highest BCUT2D eigenvalue weighted by atomic mass is 32.2. The number of hydrogen-bond donors (Lipinski definition) is 0. The first-order chi connectivity index (χ1) is 25.8. The molecule has 0 N–H and O–H groups in total. The molecular formula is C41H51N3O9S. The molecule has 3 aliphatic heterocycles. The van der Waals surface area contributed by atoms with Gasteiger partial charge in [-0.1, -0.05) is 42.0 Å². The first-order valence-corrected chi connectivity index (χ1v) is 20.2. The predicted octanol–water partition coefficient (Wildman–Crippen LogP) is 6.07. The molecule has 3 amide bonds. The van der Waals surface area contributed by atoms with Gasteiger partial charge in [0.05, 0.1) is 11.3 Å². The molecule has 6 rings (SSSR count). The molecule has 0 aliphatic carbocycles. The van der Waals surface area contributed by atoms with E-state index in [9.17, 15) is 22.8 Å². The van der Waals surface area contributed by atoms with Gasteiger partial charge in [0, 0.05) is 68.8 Å². The molecule has 0 aromatic heterocycles. The van der Waals surface area contributed by atoms with E-state index in [-0.39, 0.29) is 54.6 Å². The molecule has 2 saturated heterocycles. The van der Waals surface area contributed by atoms with Crippen molar-refractivity contribution in [2.45, 2.75) is 95.3 Å². The second kappa shape index (κ2) is 16.8. The van der Waals surface area contributed by atoms with E-state index >= 15 is 0 Å². The van der Waals surface area contributed by atoms with Crippen LogP contribution in [0, 0.1) is 6.92 Å². The number of carbonyl (C=O) groups is 3. The molecule has 54 heavy (non-hydrogen) atoms. The average Bonchev–Trinajstić information content (AvgIpc) is 3.14. The van der Waals surface area contributed by atoms with Gasteiger partial charge in [-0.15, -0.1) is 0 Å². The molecule has 0 atom stereocenters. The number of carbonyl (C=O) groups excluding carboxylic acids is 3. The van der Waals surface area contributed by atoms with Gasteiger partial charge in [-0.3, -0.25) is 13.8 Å². The third-order valence-electron chi connectivity index (χ3n) is 9.98. The van der Waals surface area contributed by atoms with E-state index in [1.807, 2.05) is 55.7 Å². The Morgan fingerprint density at radius 1 is 0.833 bits per heavy atom. The molecule has 12 nitrogen and oxygen atoms in total. The van der Waals surface area contributed by atoms with Gasteiger partial charge in [0.1, 0.15) is 36.4 Å². The van der Waals surface area contributed by atoms with Gasteiger partial charge in [0.15, 0.2) is 0 Å². The number of benzene rings is 3. The van der Waals surface area contributed by atoms with Gasteiger partial charge in [-0.05, 0) is 76.8 Å². The van der Waals surface area contributed by atoms with Crippen LogP contribution in [0.1, 0.15) is 69.6 Å². The van der Waals surface area contributed by atoms with E-state index in [0.29, 0.717) is 75.3 Å². The van der Waals surface area contributed by atoms with Crippen LogP contribution >= 0.6 is 0 Å². The number of aryl methyl sites for hydroxylation is 2. The summed E-state index contributed by atoms with van der Waals surface area (Å²) in [6.45, 7) is 9.13. The third-order valence-corrected chi connectivity index (χ3v) is 11.3. The zero-order chi connectivity index (χ0) is 38.5. The minimum Gasteiger partial charge on any atom is -0.491 e. The lowest BCUT2D eigenvalue weighted by Crippen LogP contribution is -2.50. The first kappa shape index (κ1) is 39.1. The number of ether oxygens (including phenoxy) is 3. The number of likely N-dealkylation sites (tertiary alicyclic amines) is 2. The summed E-state index contributed by atoms with van der Waals surface area (Å²) in [7, 11) is -3.98. The van der Waals surface area contributed by atoms with Crippen LogP contribution in [0.5, 0.6) is 11.5 Å². The SMILES string of the molecule is Cc1ccc(S(=O)(=O)OCCOc2cc(OC3CCN(C(=O)OC(C)(C)C)CC3)ccc2CC(=O)N2CCC(N3C(=O)CCc4ccccc43)CC2)cc1. The Morgan fingerprint density at radius 2 is 1.52 bits per heavy atom. The van der Waals surface area contributed by atoms with Crippen molar-refractivity contribution >= 4 is 33.7 Å². The van der Waals surface area contributed by atoms with Crippen molar-refractivity contribution in [1.29, 1.82) is 0 Å². The Balaban J connectivity index is 1.09. The highest BCUT2D eigenvalue weighted by Crippen LogP contribution is 2.33. The van der Waals surface area contributed by atoms with Crippen LogP contribution in [0.25, 0.3) is 0 Å². The number of amides is 3. The van der Waals surface area contributed by atoms with Crippen LogP contribution in [0.3, 0.4) is 0 Å². The average molecular weight is 762 g/mol. The first-order valence-electron chi connectivity index (χ1n) is 18.8. The summed E-state index contributed by atoms with van der Waals surface area (Å²) in [4.78, 5) is 44.8. The van der Waals surface area contributed by atoms with Gasteiger partial charge in [-0.2, -0.15) is 8.42 Å². The van der Waals surface area contributed by atoms with E-state index in [1.54, 1.807) is 35.2 Å². The minimum absolute atomic E-state index is 0.0329. The fourth-order valence-corrected chi connectivity index (χ4v) is 8.03. The van der Waals surface area contributed by atoms with Crippen LogP contribution in [0.2, 0.25) is 0 Å². The van der Waals surface area contributed by atoms with Gasteiger partial charge >= 0.3 is 6.09 Å². The second-order valence-electron chi connectivity index (χ2n) is 15.2. The predicted molar refractivity (Wildman–Crippen MR) is 203 cm³/mol. The van der Waals surface area contributed by atoms with Crippen molar-refractivity contribution < 1.29 is 41.2 Å². The maximum Gasteiger partial charge on any atom is 0.410 e. The molecular weight excluding hydrogens is 711 g/mol. The minimum atomic E-state index is -3.98. The molecule has 13 heteroatoms. The smallest absolute Gasteiger partial charge is 0.410 e. The summed E-state index contributed by atoms with van der Waals surface area (Å²) in [6, 6.07) is 19.8. The molecule has 3 heterocycles. The lowest BCUT2D eigenvalue weighted by Gasteiger charge is -2.41. The number of nitrogens with zero attached hydrogens (tertiary/aromatic N) is 3. The maximum atomic E-state index is 13.7. The van der Waals surface area contributed by atoms with E-state index in [4.69, 9.17) is 18.4 Å². The maximum absolute atomic E-state index is 13.7. The summed E-state index contributed by atoms with van der Waals surface area (Å²) >= 11 is 0. The third kappa shape index (κ3) is 9.92. The number of fused-ring (bicyclic) bond motifs is 1. The molecule has 2 fully saturated rings. The number of rotatable bonds is 11. The summed E-state index contributed by atoms with van der Waals surface area (Å²) in [5.74, 6) is 1.00. The van der Waals surface area contributed by atoms with Crippen LogP contribution in [-0.4, -0.2) is 93.3 Å². The van der Waals surface area contributed by atoms with Crippen molar-refractivity contribution in [1.82, 2.24) is 9.80 Å². The largest absolute Gasteiger partial charge is 0.491 e. The molecule has 0 spiro atoms.